The van der Waals surface area contributed by atoms with Crippen molar-refractivity contribution in [2.75, 3.05) is 26.2 Å². The standard InChI is InChI=1S/C63H130N/c1-5-9-13-17-21-25-29-33-37-41-45-49-53-57-61-64(60-56-52-48-44-40-36-32-28-24-20-16-12-8-4,62-58-54-50-46-42-38-34-30-26-22-18-14-10-6-2)63-59-55-51-47-43-39-35-31-27-23-19-15-11-7-3/h5-63H2,1-4H3/q+1. The summed E-state index contributed by atoms with van der Waals surface area (Å²) in [5, 5.41) is 0. The lowest BCUT2D eigenvalue weighted by Gasteiger charge is -2.40. The van der Waals surface area contributed by atoms with Crippen molar-refractivity contribution in [2.45, 2.75) is 381 Å². The third-order valence-electron chi connectivity index (χ3n) is 15.7. The molecule has 0 amide bonds. The molecule has 0 heterocycles. The molecular formula is C63H130N+. The number of quaternary nitrogens is 1. The van der Waals surface area contributed by atoms with E-state index in [0.717, 1.165) is 0 Å². The summed E-state index contributed by atoms with van der Waals surface area (Å²) in [6.45, 7) is 15.3. The molecule has 1 heteroatoms. The molecule has 0 aliphatic heterocycles. The predicted octanol–water partition coefficient (Wildman–Crippen LogP) is 23.3. The van der Waals surface area contributed by atoms with Gasteiger partial charge in [-0.3, -0.25) is 0 Å². The van der Waals surface area contributed by atoms with Crippen molar-refractivity contribution in [2.24, 2.45) is 0 Å². The first-order valence-corrected chi connectivity index (χ1v) is 31.6. The van der Waals surface area contributed by atoms with Gasteiger partial charge in [-0.25, -0.2) is 0 Å². The van der Waals surface area contributed by atoms with E-state index in [-0.39, 0.29) is 0 Å². The summed E-state index contributed by atoms with van der Waals surface area (Å²) in [6.07, 6.45) is 81.2. The number of rotatable bonds is 59. The van der Waals surface area contributed by atoms with Crippen LogP contribution in [0.5, 0.6) is 0 Å². The van der Waals surface area contributed by atoms with Gasteiger partial charge in [-0.05, 0) is 51.4 Å². The predicted molar refractivity (Wildman–Crippen MR) is 296 cm³/mol. The fourth-order valence-corrected chi connectivity index (χ4v) is 11.1. The summed E-state index contributed by atoms with van der Waals surface area (Å²) in [7, 11) is 0. The second-order valence-electron chi connectivity index (χ2n) is 22.3. The van der Waals surface area contributed by atoms with Crippen molar-refractivity contribution in [1.29, 1.82) is 0 Å². The van der Waals surface area contributed by atoms with Gasteiger partial charge < -0.3 is 4.48 Å². The Morgan fingerprint density at radius 2 is 0.219 bits per heavy atom. The minimum atomic E-state index is 1.37. The van der Waals surface area contributed by atoms with Crippen LogP contribution in [0, 0.1) is 0 Å². The molecule has 0 bridgehead atoms. The van der Waals surface area contributed by atoms with Crippen LogP contribution in [0.3, 0.4) is 0 Å². The van der Waals surface area contributed by atoms with Crippen LogP contribution in [-0.2, 0) is 0 Å². The summed E-state index contributed by atoms with van der Waals surface area (Å²) >= 11 is 0. The zero-order valence-corrected chi connectivity index (χ0v) is 46.2. The first-order valence-electron chi connectivity index (χ1n) is 31.6. The third kappa shape index (κ3) is 51.4. The average molecular weight is 902 g/mol. The molecule has 0 fully saturated rings. The maximum absolute atomic E-state index is 2.34. The molecule has 0 aromatic heterocycles. The molecule has 0 radical (unpaired) electrons. The topological polar surface area (TPSA) is 0 Å². The highest BCUT2D eigenvalue weighted by Gasteiger charge is 2.26. The minimum Gasteiger partial charge on any atom is -0.324 e. The van der Waals surface area contributed by atoms with E-state index >= 15 is 0 Å². The fraction of sp³-hybridized carbons (Fsp3) is 1.00. The van der Waals surface area contributed by atoms with E-state index in [1.54, 1.807) is 0 Å². The van der Waals surface area contributed by atoms with Gasteiger partial charge in [-0.2, -0.15) is 0 Å². The SMILES string of the molecule is CCCCCCCCCCCCCCCC[N+](CCCCCCCCCCCCCCC)(CCCCCCCCCCCCCCCC)CCCCCCCCCCCCCCCC. The monoisotopic (exact) mass is 901 g/mol. The van der Waals surface area contributed by atoms with Gasteiger partial charge in [0.1, 0.15) is 0 Å². The molecule has 0 saturated carbocycles. The van der Waals surface area contributed by atoms with Crippen LogP contribution in [0.25, 0.3) is 0 Å². The maximum atomic E-state index is 2.34. The van der Waals surface area contributed by atoms with Gasteiger partial charge in [-0.15, -0.1) is 0 Å². The van der Waals surface area contributed by atoms with Crippen LogP contribution in [0.1, 0.15) is 381 Å². The summed E-state index contributed by atoms with van der Waals surface area (Å²) in [5.74, 6) is 0. The van der Waals surface area contributed by atoms with Crippen LogP contribution < -0.4 is 0 Å². The molecule has 0 aliphatic carbocycles. The lowest BCUT2D eigenvalue weighted by molar-refractivity contribution is -0.929. The maximum Gasteiger partial charge on any atom is 0.0786 e. The highest BCUT2D eigenvalue weighted by molar-refractivity contribution is 4.57. The van der Waals surface area contributed by atoms with Crippen molar-refractivity contribution in [3.8, 4) is 0 Å². The van der Waals surface area contributed by atoms with Crippen LogP contribution in [-0.4, -0.2) is 30.7 Å². The zero-order chi connectivity index (χ0) is 46.2. The Hall–Kier alpha value is -0.0400. The van der Waals surface area contributed by atoms with E-state index in [1.165, 1.54) is 384 Å². The minimum absolute atomic E-state index is 1.37. The van der Waals surface area contributed by atoms with Gasteiger partial charge in [0, 0.05) is 0 Å². The summed E-state index contributed by atoms with van der Waals surface area (Å²) in [6, 6.07) is 0. The molecule has 0 N–H and O–H groups in total. The molecular weight excluding hydrogens is 771 g/mol. The molecule has 0 saturated heterocycles. The van der Waals surface area contributed by atoms with Crippen molar-refractivity contribution in [3.05, 3.63) is 0 Å². The Labute approximate surface area is 409 Å². The van der Waals surface area contributed by atoms with Gasteiger partial charge in [0.15, 0.2) is 0 Å². The summed E-state index contributed by atoms with van der Waals surface area (Å²) in [4.78, 5) is 0. The molecule has 0 atom stereocenters. The zero-order valence-electron chi connectivity index (χ0n) is 46.2. The lowest BCUT2D eigenvalue weighted by Crippen LogP contribution is -2.50. The number of hydrogen-bond acceptors (Lipinski definition) is 0. The van der Waals surface area contributed by atoms with E-state index in [2.05, 4.69) is 27.7 Å². The van der Waals surface area contributed by atoms with E-state index in [4.69, 9.17) is 0 Å². The molecule has 386 valence electrons. The second-order valence-corrected chi connectivity index (χ2v) is 22.3. The Morgan fingerprint density at radius 3 is 0.328 bits per heavy atom. The summed E-state index contributed by atoms with van der Waals surface area (Å²) < 4.78 is 1.49. The molecule has 0 aromatic rings. The van der Waals surface area contributed by atoms with Crippen molar-refractivity contribution in [3.63, 3.8) is 0 Å². The fourth-order valence-electron chi connectivity index (χ4n) is 11.1. The second kappa shape index (κ2) is 57.3. The molecule has 0 unspecified atom stereocenters. The van der Waals surface area contributed by atoms with E-state index in [1.807, 2.05) is 0 Å². The third-order valence-corrected chi connectivity index (χ3v) is 15.7. The Kier molecular flexibility index (Phi) is 57.2. The number of nitrogens with zero attached hydrogens (tertiary/aromatic N) is 1. The quantitative estimate of drug-likeness (QED) is 0.0421. The molecule has 0 aliphatic rings. The van der Waals surface area contributed by atoms with Gasteiger partial charge in [0.2, 0.25) is 0 Å². The van der Waals surface area contributed by atoms with Gasteiger partial charge in [0.05, 0.1) is 26.2 Å². The van der Waals surface area contributed by atoms with Crippen LogP contribution >= 0.6 is 0 Å². The first kappa shape index (κ1) is 64.0. The first-order chi connectivity index (χ1) is 31.7. The van der Waals surface area contributed by atoms with Gasteiger partial charge >= 0.3 is 0 Å². The average Bonchev–Trinajstić information content (AvgIpc) is 3.30. The van der Waals surface area contributed by atoms with E-state index < -0.39 is 0 Å². The molecule has 64 heavy (non-hydrogen) atoms. The summed E-state index contributed by atoms with van der Waals surface area (Å²) in [5.41, 5.74) is 0. The van der Waals surface area contributed by atoms with E-state index in [9.17, 15) is 0 Å². The largest absolute Gasteiger partial charge is 0.324 e. The van der Waals surface area contributed by atoms with Crippen LogP contribution in [0.4, 0.5) is 0 Å². The molecule has 0 spiro atoms. The van der Waals surface area contributed by atoms with Crippen LogP contribution in [0.2, 0.25) is 0 Å². The number of hydrogen-bond donors (Lipinski definition) is 0. The molecule has 0 aromatic carbocycles. The van der Waals surface area contributed by atoms with Crippen molar-refractivity contribution < 1.29 is 4.48 Å². The van der Waals surface area contributed by atoms with Crippen LogP contribution in [0.15, 0.2) is 0 Å². The van der Waals surface area contributed by atoms with Crippen molar-refractivity contribution in [1.82, 2.24) is 0 Å². The molecule has 1 nitrogen and oxygen atoms in total. The highest BCUT2D eigenvalue weighted by Crippen LogP contribution is 2.23. The van der Waals surface area contributed by atoms with Gasteiger partial charge in [0.25, 0.3) is 0 Å². The number of unbranched alkanes of at least 4 members (excludes halogenated alkanes) is 51. The Morgan fingerprint density at radius 1 is 0.125 bits per heavy atom. The van der Waals surface area contributed by atoms with Gasteiger partial charge in [-0.1, -0.05) is 329 Å². The Balaban J connectivity index is 4.93. The molecule has 0 rings (SSSR count). The van der Waals surface area contributed by atoms with Crippen molar-refractivity contribution >= 4 is 0 Å². The Bertz CT molecular complexity index is 710. The normalized spacial score (nSPS) is 12.0. The highest BCUT2D eigenvalue weighted by atomic mass is 15.3. The smallest absolute Gasteiger partial charge is 0.0786 e. The lowest BCUT2D eigenvalue weighted by atomic mass is 10.0. The van der Waals surface area contributed by atoms with E-state index in [0.29, 0.717) is 0 Å².